The van der Waals surface area contributed by atoms with Crippen LogP contribution >= 0.6 is 0 Å². The number of hydrogen-bond donors (Lipinski definition) is 2. The second-order valence-electron chi connectivity index (χ2n) is 3.77. The Kier molecular flexibility index (Phi) is 2.82. The quantitative estimate of drug-likeness (QED) is 0.737. The van der Waals surface area contributed by atoms with Crippen LogP contribution in [-0.4, -0.2) is 23.6 Å². The number of benzene rings is 1. The van der Waals surface area contributed by atoms with Crippen molar-refractivity contribution >= 4 is 17.4 Å². The average molecular weight is 233 g/mol. The van der Waals surface area contributed by atoms with Crippen LogP contribution < -0.4 is 5.73 Å². The largest absolute Gasteiger partial charge is 0.507 e. The molecule has 5 nitrogen and oxygen atoms in total. The van der Waals surface area contributed by atoms with E-state index in [1.165, 1.54) is 12.1 Å². The Hall–Kier alpha value is -2.30. The molecule has 3 N–H and O–H groups in total. The van der Waals surface area contributed by atoms with Crippen molar-refractivity contribution in [2.24, 2.45) is 5.73 Å². The van der Waals surface area contributed by atoms with Crippen molar-refractivity contribution in [3.8, 4) is 5.75 Å². The Morgan fingerprint density at radius 2 is 2.24 bits per heavy atom. The van der Waals surface area contributed by atoms with Crippen LogP contribution in [0.25, 0.3) is 5.57 Å². The van der Waals surface area contributed by atoms with E-state index in [0.717, 1.165) is 0 Å². The zero-order valence-electron chi connectivity index (χ0n) is 8.97. The minimum atomic E-state index is -0.450. The molecule has 0 atom stereocenters. The summed E-state index contributed by atoms with van der Waals surface area (Å²) in [7, 11) is 0. The van der Waals surface area contributed by atoms with E-state index in [1.54, 1.807) is 12.1 Å². The zero-order valence-corrected chi connectivity index (χ0v) is 8.97. The van der Waals surface area contributed by atoms with Crippen molar-refractivity contribution < 1.29 is 19.4 Å². The average Bonchev–Trinajstić information content (AvgIpc) is 2.67. The van der Waals surface area contributed by atoms with Crippen molar-refractivity contribution in [1.82, 2.24) is 0 Å². The predicted octanol–water partition coefficient (Wildman–Crippen LogP) is 0.360. The maximum Gasteiger partial charge on any atom is 0.331 e. The zero-order chi connectivity index (χ0) is 12.4. The summed E-state index contributed by atoms with van der Waals surface area (Å²) >= 11 is 0. The molecule has 1 aromatic rings. The maximum absolute atomic E-state index is 10.9. The normalized spacial score (nSPS) is 14.4. The van der Waals surface area contributed by atoms with Crippen LogP contribution in [-0.2, 0) is 20.7 Å². The summed E-state index contributed by atoms with van der Waals surface area (Å²) in [6.45, 7) is 0.131. The number of hydrogen-bond acceptors (Lipinski definition) is 4. The van der Waals surface area contributed by atoms with Gasteiger partial charge < -0.3 is 15.6 Å². The number of cyclic esters (lactones) is 1. The van der Waals surface area contributed by atoms with Crippen LogP contribution in [0.15, 0.2) is 24.3 Å². The molecule has 1 heterocycles. The number of rotatable bonds is 3. The molecule has 2 rings (SSSR count). The summed E-state index contributed by atoms with van der Waals surface area (Å²) in [6.07, 6.45) is 1.42. The van der Waals surface area contributed by atoms with E-state index in [4.69, 9.17) is 10.5 Å². The van der Waals surface area contributed by atoms with Gasteiger partial charge in [0, 0.05) is 17.2 Å². The number of esters is 1. The third kappa shape index (κ3) is 2.44. The fourth-order valence-corrected chi connectivity index (χ4v) is 1.68. The van der Waals surface area contributed by atoms with Gasteiger partial charge in [0.15, 0.2) is 0 Å². The number of ether oxygens (including phenoxy) is 1. The summed E-state index contributed by atoms with van der Waals surface area (Å²) < 4.78 is 4.76. The molecule has 0 bridgehead atoms. The lowest BCUT2D eigenvalue weighted by Gasteiger charge is -2.06. The lowest BCUT2D eigenvalue weighted by molar-refractivity contribution is -0.134. The highest BCUT2D eigenvalue weighted by molar-refractivity contribution is 5.96. The van der Waals surface area contributed by atoms with E-state index in [9.17, 15) is 14.7 Å². The SMILES string of the molecule is NC(=O)Cc1ccc(O)c(C2=CC(=O)OC2)c1. The van der Waals surface area contributed by atoms with Gasteiger partial charge in [0.2, 0.25) is 5.91 Å². The molecule has 0 fully saturated rings. The minimum absolute atomic E-state index is 0.0442. The fraction of sp³-hybridized carbons (Fsp3) is 0.167. The molecule has 1 aliphatic heterocycles. The Morgan fingerprint density at radius 1 is 1.47 bits per heavy atom. The molecule has 0 spiro atoms. The number of phenolic OH excluding ortho intramolecular Hbond substituents is 1. The second-order valence-corrected chi connectivity index (χ2v) is 3.77. The highest BCUT2D eigenvalue weighted by Gasteiger charge is 2.17. The van der Waals surface area contributed by atoms with Gasteiger partial charge in [-0.15, -0.1) is 0 Å². The topological polar surface area (TPSA) is 89.6 Å². The number of nitrogens with two attached hydrogens (primary N) is 1. The molecule has 5 heteroatoms. The molecular formula is C12H11NO4. The summed E-state index contributed by atoms with van der Waals surface area (Å²) in [4.78, 5) is 21.8. The Labute approximate surface area is 97.5 Å². The van der Waals surface area contributed by atoms with E-state index in [-0.39, 0.29) is 18.8 Å². The molecule has 0 unspecified atom stereocenters. The van der Waals surface area contributed by atoms with Gasteiger partial charge in [0.05, 0.1) is 6.42 Å². The Morgan fingerprint density at radius 3 is 2.82 bits per heavy atom. The molecule has 0 radical (unpaired) electrons. The van der Waals surface area contributed by atoms with Gasteiger partial charge in [0.25, 0.3) is 0 Å². The first-order valence-corrected chi connectivity index (χ1v) is 5.04. The number of carbonyl (C=O) groups excluding carboxylic acids is 2. The monoisotopic (exact) mass is 233 g/mol. The summed E-state index contributed by atoms with van der Waals surface area (Å²) in [5.74, 6) is -0.836. The summed E-state index contributed by atoms with van der Waals surface area (Å²) in [5, 5.41) is 9.69. The summed E-state index contributed by atoms with van der Waals surface area (Å²) in [5.41, 5.74) is 6.87. The molecule has 0 aliphatic carbocycles. The first-order valence-electron chi connectivity index (χ1n) is 5.04. The van der Waals surface area contributed by atoms with Gasteiger partial charge in [-0.1, -0.05) is 6.07 Å². The molecule has 0 aromatic heterocycles. The molecule has 1 amide bonds. The number of primary amides is 1. The van der Waals surface area contributed by atoms with E-state index >= 15 is 0 Å². The molecule has 1 aliphatic rings. The number of phenols is 1. The van der Waals surface area contributed by atoms with Gasteiger partial charge in [-0.3, -0.25) is 4.79 Å². The maximum atomic E-state index is 10.9. The first-order chi connectivity index (χ1) is 8.06. The predicted molar refractivity (Wildman–Crippen MR) is 59.9 cm³/mol. The highest BCUT2D eigenvalue weighted by atomic mass is 16.5. The third-order valence-electron chi connectivity index (χ3n) is 2.45. The van der Waals surface area contributed by atoms with Crippen LogP contribution in [0.3, 0.4) is 0 Å². The van der Waals surface area contributed by atoms with Gasteiger partial charge in [-0.05, 0) is 17.7 Å². The number of carbonyl (C=O) groups is 2. The molecule has 17 heavy (non-hydrogen) atoms. The van der Waals surface area contributed by atoms with Crippen molar-refractivity contribution in [2.75, 3.05) is 6.61 Å². The Bertz CT molecular complexity index is 519. The summed E-state index contributed by atoms with van der Waals surface area (Å²) in [6, 6.07) is 4.72. The van der Waals surface area contributed by atoms with Gasteiger partial charge in [-0.2, -0.15) is 0 Å². The van der Waals surface area contributed by atoms with Crippen molar-refractivity contribution in [1.29, 1.82) is 0 Å². The lowest BCUT2D eigenvalue weighted by Crippen LogP contribution is -2.13. The molecule has 1 aromatic carbocycles. The van der Waals surface area contributed by atoms with Gasteiger partial charge in [0.1, 0.15) is 12.4 Å². The van der Waals surface area contributed by atoms with Crippen molar-refractivity contribution in [2.45, 2.75) is 6.42 Å². The van der Waals surface area contributed by atoms with Crippen LogP contribution in [0.4, 0.5) is 0 Å². The minimum Gasteiger partial charge on any atom is -0.507 e. The van der Waals surface area contributed by atoms with E-state index in [1.807, 2.05) is 0 Å². The van der Waals surface area contributed by atoms with Crippen LogP contribution in [0.2, 0.25) is 0 Å². The van der Waals surface area contributed by atoms with Gasteiger partial charge >= 0.3 is 5.97 Å². The highest BCUT2D eigenvalue weighted by Crippen LogP contribution is 2.29. The molecule has 88 valence electrons. The second kappa shape index (κ2) is 4.29. The smallest absolute Gasteiger partial charge is 0.331 e. The van der Waals surface area contributed by atoms with Crippen LogP contribution in [0, 0.1) is 0 Å². The lowest BCUT2D eigenvalue weighted by atomic mass is 10.0. The van der Waals surface area contributed by atoms with Crippen molar-refractivity contribution in [3.05, 3.63) is 35.4 Å². The van der Waals surface area contributed by atoms with Crippen molar-refractivity contribution in [3.63, 3.8) is 0 Å². The molecule has 0 saturated carbocycles. The third-order valence-corrected chi connectivity index (χ3v) is 2.45. The first kappa shape index (κ1) is 11.2. The van der Waals surface area contributed by atoms with Crippen LogP contribution in [0.5, 0.6) is 5.75 Å². The van der Waals surface area contributed by atoms with E-state index < -0.39 is 11.9 Å². The molecule has 0 saturated heterocycles. The molecular weight excluding hydrogens is 222 g/mol. The number of aromatic hydroxyl groups is 1. The van der Waals surface area contributed by atoms with Gasteiger partial charge in [-0.25, -0.2) is 4.79 Å². The Balaban J connectivity index is 2.36. The van der Waals surface area contributed by atoms with E-state index in [0.29, 0.717) is 16.7 Å². The van der Waals surface area contributed by atoms with Crippen LogP contribution in [0.1, 0.15) is 11.1 Å². The standard InChI is InChI=1S/C12H11NO4/c13-11(15)4-7-1-2-10(14)9(3-7)8-5-12(16)17-6-8/h1-3,5,14H,4,6H2,(H2,13,15). The fourth-order valence-electron chi connectivity index (χ4n) is 1.68. The van der Waals surface area contributed by atoms with E-state index in [2.05, 4.69) is 0 Å². The number of amides is 1.